The molecule has 21 nitrogen and oxygen atoms in total. The normalized spacial score (nSPS) is 13.1. The molecule has 0 fully saturated rings. The molecule has 6 amide bonds. The summed E-state index contributed by atoms with van der Waals surface area (Å²) in [5.74, 6) is -5.64. The number of carbonyl (C=O) groups is 6. The van der Waals surface area contributed by atoms with Gasteiger partial charge in [-0.15, -0.1) is 0 Å². The molecule has 0 radical (unpaired) electrons. The number of hydrogen-bond acceptors (Lipinski definition) is 9. The smallest absolute Gasteiger partial charge is 0.244 e. The summed E-state index contributed by atoms with van der Waals surface area (Å²) in [4.78, 5) is 83.1. The molecule has 5 atom stereocenters. The van der Waals surface area contributed by atoms with Crippen LogP contribution in [0.25, 0.3) is 6.08 Å². The lowest BCUT2D eigenvalue weighted by Crippen LogP contribution is -2.59. The van der Waals surface area contributed by atoms with Crippen LogP contribution >= 0.6 is 0 Å². The zero-order chi connectivity index (χ0) is 50.9. The van der Waals surface area contributed by atoms with E-state index in [2.05, 4.69) is 47.9 Å². The maximum absolute atomic E-state index is 14.5. The molecule has 0 heterocycles. The second-order valence-electron chi connectivity index (χ2n) is 16.5. The van der Waals surface area contributed by atoms with Gasteiger partial charge in [0, 0.05) is 44.7 Å². The highest BCUT2D eigenvalue weighted by Gasteiger charge is 2.33. The van der Waals surface area contributed by atoms with Crippen molar-refractivity contribution in [3.05, 3.63) is 107 Å². The lowest BCUT2D eigenvalue weighted by Gasteiger charge is -2.28. The van der Waals surface area contributed by atoms with Crippen molar-refractivity contribution in [3.8, 4) is 0 Å². The van der Waals surface area contributed by atoms with E-state index < -0.39 is 71.5 Å². The molecule has 69 heavy (non-hydrogen) atoms. The number of amides is 6. The number of guanidine groups is 3. The Balaban J connectivity index is 1.96. The van der Waals surface area contributed by atoms with Crippen LogP contribution in [0.3, 0.4) is 0 Å². The van der Waals surface area contributed by atoms with Gasteiger partial charge in [-0.25, -0.2) is 4.39 Å². The van der Waals surface area contributed by atoms with Gasteiger partial charge in [-0.05, 0) is 85.1 Å². The molecule has 3 aromatic rings. The van der Waals surface area contributed by atoms with Crippen LogP contribution in [-0.4, -0.2) is 104 Å². The lowest BCUT2D eigenvalue weighted by atomic mass is 9.99. The zero-order valence-electron chi connectivity index (χ0n) is 39.0. The Morgan fingerprint density at radius 2 is 1.03 bits per heavy atom. The Kier molecular flexibility index (Phi) is 23.1. The Hall–Kier alpha value is -8.04. The summed E-state index contributed by atoms with van der Waals surface area (Å²) in [7, 11) is 1.41. The maximum atomic E-state index is 14.5. The number of rotatable bonds is 27. The van der Waals surface area contributed by atoms with Crippen molar-refractivity contribution >= 4 is 65.1 Å². The highest BCUT2D eigenvalue weighted by atomic mass is 19.1. The average Bonchev–Trinajstić information content (AvgIpc) is 3.30. The quantitative estimate of drug-likeness (QED) is 0.0213. The molecule has 0 aliphatic heterocycles. The molecule has 0 saturated heterocycles. The molecule has 0 aromatic heterocycles. The first-order valence-corrected chi connectivity index (χ1v) is 22.4. The maximum Gasteiger partial charge on any atom is 0.244 e. The van der Waals surface area contributed by atoms with Crippen LogP contribution in [-0.2, 0) is 41.6 Å². The highest BCUT2D eigenvalue weighted by molar-refractivity contribution is 5.98. The second kappa shape index (κ2) is 28.9. The summed E-state index contributed by atoms with van der Waals surface area (Å²) < 4.78 is 13.9. The first-order chi connectivity index (χ1) is 32.8. The molecule has 0 aliphatic rings. The van der Waals surface area contributed by atoms with Crippen LogP contribution in [0.2, 0.25) is 0 Å². The van der Waals surface area contributed by atoms with E-state index in [1.807, 2.05) is 19.9 Å². The third-order valence-corrected chi connectivity index (χ3v) is 10.3. The third kappa shape index (κ3) is 21.4. The summed E-state index contributed by atoms with van der Waals surface area (Å²) in [6, 6.07) is 14.8. The van der Waals surface area contributed by atoms with Gasteiger partial charge in [0.2, 0.25) is 35.4 Å². The van der Waals surface area contributed by atoms with E-state index in [1.165, 1.54) is 37.4 Å². The van der Waals surface area contributed by atoms with Crippen molar-refractivity contribution in [2.45, 2.75) is 89.0 Å². The van der Waals surface area contributed by atoms with Crippen molar-refractivity contribution in [2.24, 2.45) is 23.1 Å². The molecule has 18 N–H and O–H groups in total. The Morgan fingerprint density at radius 1 is 0.580 bits per heavy atom. The summed E-state index contributed by atoms with van der Waals surface area (Å²) >= 11 is 0. The minimum Gasteiger partial charge on any atom is -0.370 e. The van der Waals surface area contributed by atoms with Gasteiger partial charge in [0.05, 0.1) is 0 Å². The summed E-state index contributed by atoms with van der Waals surface area (Å²) in [6.07, 6.45) is 3.50. The fourth-order valence-corrected chi connectivity index (χ4v) is 6.91. The predicted octanol–water partition coefficient (Wildman–Crippen LogP) is 0.372. The monoisotopic (exact) mass is 956 g/mol. The zero-order valence-corrected chi connectivity index (χ0v) is 39.0. The molecule has 0 unspecified atom stereocenters. The molecule has 0 bridgehead atoms. The van der Waals surface area contributed by atoms with Gasteiger partial charge in [0.15, 0.2) is 17.9 Å². The molecule has 372 valence electrons. The van der Waals surface area contributed by atoms with Gasteiger partial charge >= 0.3 is 0 Å². The van der Waals surface area contributed by atoms with E-state index >= 15 is 0 Å². The summed E-state index contributed by atoms with van der Waals surface area (Å²) in [5.41, 5.74) is 18.6. The van der Waals surface area contributed by atoms with E-state index in [1.54, 1.807) is 54.6 Å². The molecular formula is C47H66FN15O6. The minimum absolute atomic E-state index is 0.0292. The Bertz CT molecular complexity index is 2240. The summed E-state index contributed by atoms with van der Waals surface area (Å²) in [6.45, 7) is 4.08. The molecule has 0 saturated carbocycles. The van der Waals surface area contributed by atoms with E-state index in [0.717, 1.165) is 5.56 Å². The van der Waals surface area contributed by atoms with Crippen LogP contribution < -0.4 is 65.1 Å². The molecule has 3 rings (SSSR count). The van der Waals surface area contributed by atoms with Crippen LogP contribution in [0, 0.1) is 28.0 Å². The summed E-state index contributed by atoms with van der Waals surface area (Å²) in [5, 5.41) is 46.6. The number of nitrogens with two attached hydrogens (primary N) is 3. The molecular weight excluding hydrogens is 890 g/mol. The Morgan fingerprint density at radius 3 is 1.52 bits per heavy atom. The molecule has 0 aliphatic carbocycles. The van der Waals surface area contributed by atoms with Crippen LogP contribution in [0.5, 0.6) is 0 Å². The van der Waals surface area contributed by atoms with Crippen LogP contribution in [0.15, 0.2) is 84.9 Å². The lowest BCUT2D eigenvalue weighted by molar-refractivity contribution is -0.135. The van der Waals surface area contributed by atoms with Gasteiger partial charge in [-0.3, -0.25) is 45.0 Å². The van der Waals surface area contributed by atoms with Crippen molar-refractivity contribution < 1.29 is 33.2 Å². The number of hydrogen-bond donors (Lipinski definition) is 15. The minimum atomic E-state index is -1.36. The second-order valence-corrected chi connectivity index (χ2v) is 16.5. The highest BCUT2D eigenvalue weighted by Crippen LogP contribution is 2.14. The third-order valence-electron chi connectivity index (χ3n) is 10.3. The van der Waals surface area contributed by atoms with Crippen molar-refractivity contribution in [1.82, 2.24) is 42.5 Å². The first kappa shape index (κ1) is 55.3. The fraction of sp³-hybridized carbons (Fsp3) is 0.383. The predicted molar refractivity (Wildman–Crippen MR) is 263 cm³/mol. The van der Waals surface area contributed by atoms with Gasteiger partial charge in [0.1, 0.15) is 36.0 Å². The van der Waals surface area contributed by atoms with E-state index in [0.29, 0.717) is 23.2 Å². The SMILES string of the molecule is CNC(=O)[C@H](CCCNC(=N)N)NC(=O)[C@H](CCCNC(=N)N)NC(=O)[C@H](CC(C)C)NC(=O)[C@H](Cc1ccc(NC(=N)N)cc1)NC(=O)[C@H](Cc1ccc(F)cc1)NC(=O)/C=C/c1ccccc1. The van der Waals surface area contributed by atoms with Crippen molar-refractivity contribution in [3.63, 3.8) is 0 Å². The van der Waals surface area contributed by atoms with Gasteiger partial charge in [0.25, 0.3) is 0 Å². The van der Waals surface area contributed by atoms with Gasteiger partial charge in [-0.2, -0.15) is 0 Å². The first-order valence-electron chi connectivity index (χ1n) is 22.4. The van der Waals surface area contributed by atoms with Gasteiger partial charge < -0.3 is 65.1 Å². The number of halogens is 1. The number of nitrogens with one attached hydrogen (secondary N) is 12. The largest absolute Gasteiger partial charge is 0.370 e. The molecule has 0 spiro atoms. The van der Waals surface area contributed by atoms with Crippen LogP contribution in [0.4, 0.5) is 10.1 Å². The van der Waals surface area contributed by atoms with Crippen molar-refractivity contribution in [1.29, 1.82) is 16.2 Å². The van der Waals surface area contributed by atoms with E-state index in [9.17, 15) is 33.2 Å². The van der Waals surface area contributed by atoms with E-state index in [4.69, 9.17) is 33.4 Å². The standard InChI is InChI=1S/C47H66FN15O6/c1-28(2)25-36(42(67)61-35(12-8-24-57-46(51)52)41(66)60-34(40(65)55-3)11-7-23-56-45(49)50)62-44(69)38(27-31-15-20-33(21-16-31)58-47(53)54)63-43(68)37(26-30-13-18-32(48)19-14-30)59-39(64)22-17-29-9-5-4-6-10-29/h4-6,9-10,13-22,28,34-38H,7-8,11-12,23-27H2,1-3H3,(H,55,65)(H,59,64)(H,60,66)(H,61,67)(H,62,69)(H,63,68)(H4,49,50,56)(H4,51,52,57)(H4,53,54,58)/b22-17+/t34-,35-,36-,37-,38-/m0/s1. The molecule has 22 heteroatoms. The van der Waals surface area contributed by atoms with Crippen LogP contribution in [0.1, 0.15) is 62.6 Å². The number of benzene rings is 3. The average molecular weight is 956 g/mol. The molecule has 3 aromatic carbocycles. The van der Waals surface area contributed by atoms with Crippen molar-refractivity contribution in [2.75, 3.05) is 25.5 Å². The van der Waals surface area contributed by atoms with Gasteiger partial charge in [-0.1, -0.05) is 68.4 Å². The number of carbonyl (C=O) groups excluding carboxylic acids is 6. The van der Waals surface area contributed by atoms with E-state index in [-0.39, 0.29) is 75.4 Å². The number of likely N-dealkylation sites (N-methyl/N-ethyl adjacent to an activating group) is 1. The fourth-order valence-electron chi connectivity index (χ4n) is 6.91. The Labute approximate surface area is 401 Å². The topological polar surface area (TPSA) is 360 Å². The number of anilines is 1.